The highest BCUT2D eigenvalue weighted by atomic mass is 32.2. The SMILES string of the molecule is CC(=O)OCC1O[C@@H](S[C@@H]2OC(COC(C)=O)[C@H](C)[C@H](n3cc(-c4cccc(F)c4)nn3)C2OC(C)=O)[C@H](C)C(n2cc(-c3cccc(F)c3)nn2)[C@H]1OC(C)=O. The molecule has 16 nitrogen and oxygen atoms in total. The Balaban J connectivity index is 1.39. The second-order valence-corrected chi connectivity index (χ2v) is 15.1. The van der Waals surface area contributed by atoms with Crippen LogP contribution in [0.3, 0.4) is 0 Å². The molecule has 2 aromatic heterocycles. The fourth-order valence-corrected chi connectivity index (χ4v) is 8.53. The third-order valence-electron chi connectivity index (χ3n) is 9.67. The molecule has 10 atom stereocenters. The van der Waals surface area contributed by atoms with Crippen molar-refractivity contribution in [3.05, 3.63) is 72.6 Å². The van der Waals surface area contributed by atoms with Gasteiger partial charge in [0.25, 0.3) is 0 Å². The molecule has 57 heavy (non-hydrogen) atoms. The smallest absolute Gasteiger partial charge is 0.303 e. The first kappa shape index (κ1) is 41.4. The summed E-state index contributed by atoms with van der Waals surface area (Å²) in [5.74, 6) is -4.40. The summed E-state index contributed by atoms with van der Waals surface area (Å²) in [5, 5.41) is 17.3. The van der Waals surface area contributed by atoms with Crippen molar-refractivity contribution in [3.63, 3.8) is 0 Å². The Hall–Kier alpha value is -5.27. The van der Waals surface area contributed by atoms with Crippen molar-refractivity contribution in [1.82, 2.24) is 30.0 Å². The molecule has 0 spiro atoms. The van der Waals surface area contributed by atoms with Crippen molar-refractivity contribution in [2.75, 3.05) is 13.2 Å². The predicted molar refractivity (Wildman–Crippen MR) is 197 cm³/mol. The number of rotatable bonds is 12. The van der Waals surface area contributed by atoms with Gasteiger partial charge in [-0.15, -0.1) is 10.2 Å². The van der Waals surface area contributed by atoms with Crippen LogP contribution in [-0.4, -0.2) is 102 Å². The summed E-state index contributed by atoms with van der Waals surface area (Å²) in [6.07, 6.45) is -0.684. The molecule has 4 aromatic rings. The van der Waals surface area contributed by atoms with Crippen molar-refractivity contribution in [1.29, 1.82) is 0 Å². The fourth-order valence-electron chi connectivity index (χ4n) is 7.07. The van der Waals surface area contributed by atoms with E-state index in [-0.39, 0.29) is 13.2 Å². The molecule has 19 heteroatoms. The largest absolute Gasteiger partial charge is 0.463 e. The zero-order chi connectivity index (χ0) is 41.0. The second kappa shape index (κ2) is 17.9. The van der Waals surface area contributed by atoms with Crippen LogP contribution in [0.5, 0.6) is 0 Å². The molecule has 0 amide bonds. The van der Waals surface area contributed by atoms with Gasteiger partial charge in [-0.1, -0.05) is 60.3 Å². The van der Waals surface area contributed by atoms with Gasteiger partial charge in [0.15, 0.2) is 12.2 Å². The Morgan fingerprint density at radius 2 is 1.14 bits per heavy atom. The Labute approximate surface area is 330 Å². The topological polar surface area (TPSA) is 185 Å². The molecule has 2 aliphatic heterocycles. The molecule has 0 aliphatic carbocycles. The molecule has 0 N–H and O–H groups in total. The van der Waals surface area contributed by atoms with Crippen molar-refractivity contribution in [2.45, 2.75) is 88.9 Å². The molecular formula is C38H42F2N6O10S. The maximum absolute atomic E-state index is 14.2. The zero-order valence-electron chi connectivity index (χ0n) is 31.9. The predicted octanol–water partition coefficient (Wildman–Crippen LogP) is 4.71. The van der Waals surface area contributed by atoms with Crippen LogP contribution >= 0.6 is 11.8 Å². The summed E-state index contributed by atoms with van der Waals surface area (Å²) in [4.78, 5) is 49.3. The van der Waals surface area contributed by atoms with Gasteiger partial charge in [-0.25, -0.2) is 18.1 Å². The van der Waals surface area contributed by atoms with Gasteiger partial charge in [-0.2, -0.15) is 0 Å². The second-order valence-electron chi connectivity index (χ2n) is 13.9. The lowest BCUT2D eigenvalue weighted by atomic mass is 9.89. The lowest BCUT2D eigenvalue weighted by Gasteiger charge is -2.48. The number of carbonyl (C=O) groups is 4. The van der Waals surface area contributed by atoms with E-state index in [1.165, 1.54) is 61.3 Å². The Morgan fingerprint density at radius 1 is 0.667 bits per heavy atom. The molecule has 0 bridgehead atoms. The van der Waals surface area contributed by atoms with Gasteiger partial charge in [0.05, 0.1) is 30.6 Å². The molecule has 6 rings (SSSR count). The normalized spacial score (nSPS) is 27.3. The van der Waals surface area contributed by atoms with Crippen molar-refractivity contribution in [2.24, 2.45) is 11.8 Å². The molecule has 0 radical (unpaired) electrons. The number of nitrogens with zero attached hydrogens (tertiary/aromatic N) is 6. The van der Waals surface area contributed by atoms with Crippen molar-refractivity contribution in [3.8, 4) is 22.5 Å². The first-order chi connectivity index (χ1) is 27.2. The average molecular weight is 813 g/mol. The molecular weight excluding hydrogens is 771 g/mol. The number of carbonyl (C=O) groups excluding carboxylic acids is 4. The standard InChI is InChI=1S/C38H42F2N6O10S/c1-19-31(17-51-21(3)47)55-38(36(54-24(6)50)33(19)45-15-29(41-43-45)25-9-7-11-27(39)13-25)57-37-20(2)34(35(53-23(5)49)32(56-37)18-52-22(4)48)46-16-30(42-44-46)26-10-8-12-28(40)14-26/h7-16,19-20,31-38H,17-18H2,1-6H3/t19-,20+,31?,32?,33-,34?,35-,36?,37-,38-/m0/s1. The van der Waals surface area contributed by atoms with E-state index in [9.17, 15) is 28.0 Å². The highest BCUT2D eigenvalue weighted by Gasteiger charge is 2.53. The van der Waals surface area contributed by atoms with Crippen LogP contribution in [0, 0.1) is 23.5 Å². The summed E-state index contributed by atoms with van der Waals surface area (Å²) in [6, 6.07) is 10.1. The molecule has 2 aromatic carbocycles. The van der Waals surface area contributed by atoms with Crippen LogP contribution in [0.25, 0.3) is 22.5 Å². The highest BCUT2D eigenvalue weighted by molar-refractivity contribution is 8.00. The monoisotopic (exact) mass is 812 g/mol. The van der Waals surface area contributed by atoms with Gasteiger partial charge < -0.3 is 28.4 Å². The van der Waals surface area contributed by atoms with Crippen LogP contribution in [0.1, 0.15) is 53.6 Å². The van der Waals surface area contributed by atoms with Crippen molar-refractivity contribution >= 4 is 35.6 Å². The number of hydrogen-bond donors (Lipinski definition) is 0. The number of thioether (sulfide) groups is 1. The van der Waals surface area contributed by atoms with E-state index >= 15 is 0 Å². The van der Waals surface area contributed by atoms with Gasteiger partial charge in [0.2, 0.25) is 0 Å². The molecule has 2 aliphatic rings. The van der Waals surface area contributed by atoms with Gasteiger partial charge in [0.1, 0.15) is 53.2 Å². The average Bonchev–Trinajstić information content (AvgIpc) is 3.83. The summed E-state index contributed by atoms with van der Waals surface area (Å²) in [6.45, 7) is 8.18. The number of hydrogen-bond acceptors (Lipinski definition) is 15. The third kappa shape index (κ3) is 9.82. The highest BCUT2D eigenvalue weighted by Crippen LogP contribution is 2.47. The minimum Gasteiger partial charge on any atom is -0.463 e. The Kier molecular flexibility index (Phi) is 13.0. The molecule has 4 unspecified atom stereocenters. The maximum atomic E-state index is 14.2. The van der Waals surface area contributed by atoms with Crippen molar-refractivity contribution < 1.29 is 56.4 Å². The van der Waals surface area contributed by atoms with E-state index in [2.05, 4.69) is 20.6 Å². The van der Waals surface area contributed by atoms with E-state index in [0.29, 0.717) is 22.5 Å². The quantitative estimate of drug-likeness (QED) is 0.141. The van der Waals surface area contributed by atoms with E-state index in [1.54, 1.807) is 36.7 Å². The summed E-state index contributed by atoms with van der Waals surface area (Å²) >= 11 is 1.14. The third-order valence-corrected chi connectivity index (χ3v) is 11.1. The number of aromatic nitrogens is 6. The molecule has 304 valence electrons. The maximum Gasteiger partial charge on any atom is 0.303 e. The minimum absolute atomic E-state index is 0.155. The van der Waals surface area contributed by atoms with Crippen LogP contribution in [0.15, 0.2) is 60.9 Å². The first-order valence-electron chi connectivity index (χ1n) is 18.1. The van der Waals surface area contributed by atoms with Crippen LogP contribution in [0.2, 0.25) is 0 Å². The number of esters is 4. The molecule has 4 heterocycles. The van der Waals surface area contributed by atoms with E-state index in [1.807, 2.05) is 13.8 Å². The Bertz CT molecular complexity index is 2080. The molecule has 2 fully saturated rings. The Morgan fingerprint density at radius 3 is 1.63 bits per heavy atom. The van der Waals surface area contributed by atoms with Gasteiger partial charge >= 0.3 is 23.9 Å². The first-order valence-corrected chi connectivity index (χ1v) is 19.1. The number of halogens is 2. The van der Waals surface area contributed by atoms with Gasteiger partial charge in [0, 0.05) is 50.7 Å². The van der Waals surface area contributed by atoms with Gasteiger partial charge in [-0.05, 0) is 24.3 Å². The van der Waals surface area contributed by atoms with Gasteiger partial charge in [-0.3, -0.25) is 19.2 Å². The summed E-state index contributed by atoms with van der Waals surface area (Å²) < 4.78 is 67.1. The van der Waals surface area contributed by atoms with E-state index < -0.39 is 94.7 Å². The lowest BCUT2D eigenvalue weighted by Crippen LogP contribution is -2.56. The summed E-state index contributed by atoms with van der Waals surface area (Å²) in [5.41, 5.74) is -0.231. The van der Waals surface area contributed by atoms with Crippen LogP contribution in [-0.2, 0) is 47.6 Å². The summed E-state index contributed by atoms with van der Waals surface area (Å²) in [7, 11) is 0. The molecule has 2 saturated heterocycles. The number of benzene rings is 2. The zero-order valence-corrected chi connectivity index (χ0v) is 32.7. The minimum atomic E-state index is -1.05. The van der Waals surface area contributed by atoms with Crippen LogP contribution < -0.4 is 0 Å². The lowest BCUT2D eigenvalue weighted by molar-refractivity contribution is -0.194. The number of ether oxygens (including phenoxy) is 6. The van der Waals surface area contributed by atoms with E-state index in [0.717, 1.165) is 11.8 Å². The van der Waals surface area contributed by atoms with Crippen LogP contribution in [0.4, 0.5) is 8.78 Å². The van der Waals surface area contributed by atoms with E-state index in [4.69, 9.17) is 28.4 Å². The molecule has 0 saturated carbocycles. The fraction of sp³-hybridized carbons (Fsp3) is 0.474.